The fourth-order valence-corrected chi connectivity index (χ4v) is 1.36. The molecule has 0 amide bonds. The molecule has 0 unspecified atom stereocenters. The van der Waals surface area contributed by atoms with Crippen LogP contribution in [0.5, 0.6) is 0 Å². The van der Waals surface area contributed by atoms with Crippen molar-refractivity contribution in [1.82, 2.24) is 0 Å². The zero-order chi connectivity index (χ0) is 13.8. The molecule has 0 atom stereocenters. The molecule has 2 aromatic rings. The van der Waals surface area contributed by atoms with Gasteiger partial charge in [0, 0.05) is 11.5 Å². The highest BCUT2D eigenvalue weighted by Gasteiger charge is 1.92. The van der Waals surface area contributed by atoms with Crippen LogP contribution in [0.15, 0.2) is 45.6 Å². The van der Waals surface area contributed by atoms with Gasteiger partial charge in [-0.05, 0) is 12.1 Å². The molecule has 0 radical (unpaired) electrons. The number of para-hydroxylation sites is 1. The maximum atomic E-state index is 10.7. The van der Waals surface area contributed by atoms with Crippen LogP contribution in [0, 0.1) is 0 Å². The van der Waals surface area contributed by atoms with Crippen LogP contribution in [0.2, 0.25) is 0 Å². The molecule has 0 N–H and O–H groups in total. The van der Waals surface area contributed by atoms with E-state index in [0.717, 1.165) is 5.39 Å². The van der Waals surface area contributed by atoms with Crippen LogP contribution in [0.25, 0.3) is 11.0 Å². The zero-order valence-electron chi connectivity index (χ0n) is 11.9. The summed E-state index contributed by atoms with van der Waals surface area (Å²) < 4.78 is 4.91. The minimum absolute atomic E-state index is 0.302. The van der Waals surface area contributed by atoms with E-state index in [1.165, 1.54) is 25.3 Å². The summed E-state index contributed by atoms with van der Waals surface area (Å²) in [7, 11) is 0. The first-order valence-corrected chi connectivity index (χ1v) is 6.76. The highest BCUT2D eigenvalue weighted by Crippen LogP contribution is 2.08. The molecular formula is C16H24O2. The monoisotopic (exact) mass is 248 g/mol. The molecule has 0 saturated heterocycles. The van der Waals surface area contributed by atoms with E-state index >= 15 is 0 Å². The van der Waals surface area contributed by atoms with E-state index < -0.39 is 0 Å². The first kappa shape index (κ1) is 16.4. The predicted octanol–water partition coefficient (Wildman–Crippen LogP) is 5.02. The molecule has 2 rings (SSSR count). The maximum Gasteiger partial charge on any atom is 0.336 e. The number of fused-ring (bicyclic) bond motifs is 1. The largest absolute Gasteiger partial charge is 0.423 e. The lowest BCUT2D eigenvalue weighted by Crippen LogP contribution is -1.93. The van der Waals surface area contributed by atoms with Crippen molar-refractivity contribution in [3.8, 4) is 0 Å². The van der Waals surface area contributed by atoms with Gasteiger partial charge in [-0.25, -0.2) is 4.79 Å². The molecule has 0 aliphatic heterocycles. The van der Waals surface area contributed by atoms with E-state index in [1.807, 2.05) is 32.0 Å². The van der Waals surface area contributed by atoms with Gasteiger partial charge >= 0.3 is 5.63 Å². The molecule has 2 heteroatoms. The molecule has 0 saturated carbocycles. The van der Waals surface area contributed by atoms with Crippen molar-refractivity contribution < 1.29 is 4.42 Å². The summed E-state index contributed by atoms with van der Waals surface area (Å²) in [6.07, 6.45) is 4.08. The molecule has 0 fully saturated rings. The molecule has 18 heavy (non-hydrogen) atoms. The molecule has 100 valence electrons. The Morgan fingerprint density at radius 2 is 1.56 bits per heavy atom. The van der Waals surface area contributed by atoms with E-state index in [4.69, 9.17) is 4.42 Å². The Morgan fingerprint density at radius 1 is 0.944 bits per heavy atom. The Bertz CT molecular complexity index is 469. The van der Waals surface area contributed by atoms with Crippen LogP contribution >= 0.6 is 0 Å². The standard InChI is InChI=1S/C9H6O2.C5H12.C2H6/c10-9-6-5-7-3-1-2-4-8(7)11-9;1-3-5-4-2;1-2/h1-6H;3-5H2,1-2H3;1-2H3. The topological polar surface area (TPSA) is 30.2 Å². The maximum absolute atomic E-state index is 10.7. The van der Waals surface area contributed by atoms with Crippen molar-refractivity contribution >= 4 is 11.0 Å². The summed E-state index contributed by atoms with van der Waals surface area (Å²) >= 11 is 0. The number of unbranched alkanes of at least 4 members (excludes halogenated alkanes) is 2. The SMILES string of the molecule is CC.CCCCC.O=c1ccc2ccccc2o1. The van der Waals surface area contributed by atoms with E-state index in [1.54, 1.807) is 12.1 Å². The Kier molecular flexibility index (Phi) is 9.65. The van der Waals surface area contributed by atoms with E-state index in [-0.39, 0.29) is 5.63 Å². The third-order valence-corrected chi connectivity index (χ3v) is 2.24. The van der Waals surface area contributed by atoms with Crippen LogP contribution in [-0.4, -0.2) is 0 Å². The summed E-state index contributed by atoms with van der Waals surface area (Å²) in [5.74, 6) is 0. The minimum Gasteiger partial charge on any atom is -0.423 e. The van der Waals surface area contributed by atoms with Gasteiger partial charge in [0.05, 0.1) is 0 Å². The Labute approximate surface area is 110 Å². The van der Waals surface area contributed by atoms with Crippen LogP contribution in [0.1, 0.15) is 47.0 Å². The van der Waals surface area contributed by atoms with E-state index in [2.05, 4.69) is 13.8 Å². The van der Waals surface area contributed by atoms with Gasteiger partial charge in [-0.3, -0.25) is 0 Å². The lowest BCUT2D eigenvalue weighted by atomic mass is 10.2. The van der Waals surface area contributed by atoms with Crippen LogP contribution < -0.4 is 5.63 Å². The fraction of sp³-hybridized carbons (Fsp3) is 0.438. The summed E-state index contributed by atoms with van der Waals surface area (Å²) in [6.45, 7) is 8.42. The number of hydrogen-bond acceptors (Lipinski definition) is 2. The second-order valence-electron chi connectivity index (χ2n) is 3.65. The quantitative estimate of drug-likeness (QED) is 0.699. The minimum atomic E-state index is -0.302. The number of benzene rings is 1. The van der Waals surface area contributed by atoms with E-state index in [0.29, 0.717) is 5.58 Å². The highest BCUT2D eigenvalue weighted by molar-refractivity contribution is 5.75. The normalized spacial score (nSPS) is 8.89. The van der Waals surface area contributed by atoms with Gasteiger partial charge in [-0.1, -0.05) is 65.2 Å². The predicted molar refractivity (Wildman–Crippen MR) is 79.0 cm³/mol. The summed E-state index contributed by atoms with van der Waals surface area (Å²) in [6, 6.07) is 10.6. The average molecular weight is 248 g/mol. The molecule has 0 spiro atoms. The van der Waals surface area contributed by atoms with Crippen molar-refractivity contribution in [2.75, 3.05) is 0 Å². The Hall–Kier alpha value is -1.57. The van der Waals surface area contributed by atoms with Gasteiger partial charge in [0.25, 0.3) is 0 Å². The van der Waals surface area contributed by atoms with Gasteiger partial charge in [-0.2, -0.15) is 0 Å². The summed E-state index contributed by atoms with van der Waals surface area (Å²) in [5, 5.41) is 0.951. The van der Waals surface area contributed by atoms with Crippen LogP contribution in [-0.2, 0) is 0 Å². The van der Waals surface area contributed by atoms with Gasteiger partial charge in [0.2, 0.25) is 0 Å². The van der Waals surface area contributed by atoms with E-state index in [9.17, 15) is 4.79 Å². The molecular weight excluding hydrogens is 224 g/mol. The first-order chi connectivity index (χ1) is 8.77. The van der Waals surface area contributed by atoms with Crippen LogP contribution in [0.3, 0.4) is 0 Å². The van der Waals surface area contributed by atoms with Gasteiger partial charge in [0.1, 0.15) is 5.58 Å². The Morgan fingerprint density at radius 3 is 2.11 bits per heavy atom. The highest BCUT2D eigenvalue weighted by atomic mass is 16.4. The lowest BCUT2D eigenvalue weighted by Gasteiger charge is -1.91. The molecule has 0 aliphatic rings. The average Bonchev–Trinajstić information content (AvgIpc) is 2.42. The molecule has 1 aromatic heterocycles. The van der Waals surface area contributed by atoms with Crippen molar-refractivity contribution in [2.45, 2.75) is 47.0 Å². The lowest BCUT2D eigenvalue weighted by molar-refractivity contribution is 0.561. The first-order valence-electron chi connectivity index (χ1n) is 6.76. The molecule has 0 aliphatic carbocycles. The zero-order valence-corrected chi connectivity index (χ0v) is 11.9. The second kappa shape index (κ2) is 10.6. The smallest absolute Gasteiger partial charge is 0.336 e. The van der Waals surface area contributed by atoms with Crippen molar-refractivity contribution in [3.63, 3.8) is 0 Å². The molecule has 1 aromatic carbocycles. The van der Waals surface area contributed by atoms with Gasteiger partial charge in [-0.15, -0.1) is 0 Å². The summed E-state index contributed by atoms with van der Waals surface area (Å²) in [4.78, 5) is 10.7. The molecule has 2 nitrogen and oxygen atoms in total. The molecule has 0 bridgehead atoms. The van der Waals surface area contributed by atoms with Crippen molar-refractivity contribution in [3.05, 3.63) is 46.8 Å². The fourth-order valence-electron chi connectivity index (χ4n) is 1.36. The van der Waals surface area contributed by atoms with Crippen LogP contribution in [0.4, 0.5) is 0 Å². The second-order valence-corrected chi connectivity index (χ2v) is 3.65. The van der Waals surface area contributed by atoms with Crippen molar-refractivity contribution in [1.29, 1.82) is 0 Å². The number of hydrogen-bond donors (Lipinski definition) is 0. The van der Waals surface area contributed by atoms with Gasteiger partial charge < -0.3 is 4.42 Å². The number of rotatable bonds is 2. The Balaban J connectivity index is 0.000000354. The van der Waals surface area contributed by atoms with Gasteiger partial charge in [0.15, 0.2) is 0 Å². The third kappa shape index (κ3) is 6.24. The van der Waals surface area contributed by atoms with Crippen molar-refractivity contribution in [2.24, 2.45) is 0 Å². The molecule has 1 heterocycles. The summed E-state index contributed by atoms with van der Waals surface area (Å²) in [5.41, 5.74) is 0.337. The third-order valence-electron chi connectivity index (χ3n) is 2.24.